The highest BCUT2D eigenvalue weighted by molar-refractivity contribution is 6.33. The molecule has 4 aromatic rings. The van der Waals surface area contributed by atoms with Gasteiger partial charge in [-0.3, -0.25) is 4.98 Å². The number of aryl methyl sites for hydroxylation is 1. The predicted molar refractivity (Wildman–Crippen MR) is 105 cm³/mol. The smallest absolute Gasteiger partial charge is 0.354 e. The van der Waals surface area contributed by atoms with Gasteiger partial charge in [-0.15, -0.1) is 0 Å². The minimum Gasteiger partial charge on any atom is -0.354 e. The Hall–Kier alpha value is -3.26. The van der Waals surface area contributed by atoms with Crippen LogP contribution in [0.4, 0.5) is 24.5 Å². The van der Waals surface area contributed by atoms with Crippen LogP contribution in [-0.4, -0.2) is 19.9 Å². The van der Waals surface area contributed by atoms with E-state index in [1.54, 1.807) is 18.3 Å². The number of benzene rings is 1. The Bertz CT molecular complexity index is 1190. The second-order valence-electron chi connectivity index (χ2n) is 6.33. The Morgan fingerprint density at radius 1 is 0.966 bits per heavy atom. The van der Waals surface area contributed by atoms with E-state index in [9.17, 15) is 13.2 Å². The first-order chi connectivity index (χ1) is 13.8. The maximum absolute atomic E-state index is 12.7. The molecule has 4 rings (SSSR count). The van der Waals surface area contributed by atoms with Crippen molar-refractivity contribution < 1.29 is 13.2 Å². The summed E-state index contributed by atoms with van der Waals surface area (Å²) in [5.74, 6) is 0. The number of rotatable bonds is 3. The van der Waals surface area contributed by atoms with E-state index in [0.29, 0.717) is 38.9 Å². The van der Waals surface area contributed by atoms with E-state index in [1.165, 1.54) is 24.5 Å². The van der Waals surface area contributed by atoms with Gasteiger partial charge in [0, 0.05) is 18.1 Å². The number of alkyl halides is 3. The first-order valence-corrected chi connectivity index (χ1v) is 8.87. The van der Waals surface area contributed by atoms with E-state index in [0.717, 1.165) is 17.7 Å². The van der Waals surface area contributed by atoms with Gasteiger partial charge in [-0.2, -0.15) is 13.2 Å². The molecule has 0 radical (unpaired) electrons. The third-order valence-corrected chi connectivity index (χ3v) is 4.45. The second kappa shape index (κ2) is 7.29. The second-order valence-corrected chi connectivity index (χ2v) is 6.74. The first kappa shape index (κ1) is 19.1. The van der Waals surface area contributed by atoms with Crippen molar-refractivity contribution in [2.75, 3.05) is 5.32 Å². The number of nitrogens with one attached hydrogen (secondary N) is 1. The minimum atomic E-state index is -4.38. The minimum absolute atomic E-state index is 0.359. The summed E-state index contributed by atoms with van der Waals surface area (Å²) in [6.45, 7) is 1.88. The summed E-state index contributed by atoms with van der Waals surface area (Å²) in [6.07, 6.45) is 0.376. The molecule has 0 saturated heterocycles. The molecular formula is C20H13ClF3N5. The van der Waals surface area contributed by atoms with Crippen LogP contribution in [-0.2, 0) is 6.18 Å². The van der Waals surface area contributed by atoms with Gasteiger partial charge in [-0.25, -0.2) is 15.0 Å². The lowest BCUT2D eigenvalue weighted by atomic mass is 10.2. The molecule has 3 aromatic heterocycles. The van der Waals surface area contributed by atoms with E-state index >= 15 is 0 Å². The summed E-state index contributed by atoms with van der Waals surface area (Å²) in [5.41, 5.74) is 3.06. The molecule has 0 bridgehead atoms. The van der Waals surface area contributed by atoms with Crippen LogP contribution < -0.4 is 5.32 Å². The van der Waals surface area contributed by atoms with Crippen molar-refractivity contribution in [1.82, 2.24) is 19.9 Å². The maximum atomic E-state index is 12.7. The lowest BCUT2D eigenvalue weighted by Gasteiger charge is -2.11. The molecule has 0 fully saturated rings. The van der Waals surface area contributed by atoms with Gasteiger partial charge >= 0.3 is 6.18 Å². The standard InChI is InChI=1S/C20H13ClF3N5/c1-11-8-14(21)17(26-9-11)16-10-27-18-15(6-7-25-19(18)29-16)28-13-4-2-12(3-5-13)20(22,23)24/h2-10H,1H3,(H,25,28,29). The van der Waals surface area contributed by atoms with Crippen LogP contribution in [0.2, 0.25) is 5.02 Å². The lowest BCUT2D eigenvalue weighted by Crippen LogP contribution is -2.04. The Morgan fingerprint density at radius 3 is 2.41 bits per heavy atom. The number of hydrogen-bond donors (Lipinski definition) is 1. The molecule has 0 atom stereocenters. The molecule has 0 unspecified atom stereocenters. The average Bonchev–Trinajstić information content (AvgIpc) is 2.67. The van der Waals surface area contributed by atoms with Crippen molar-refractivity contribution in [3.8, 4) is 11.4 Å². The van der Waals surface area contributed by atoms with Gasteiger partial charge in [0.2, 0.25) is 0 Å². The Labute approximate surface area is 168 Å². The van der Waals surface area contributed by atoms with Gasteiger partial charge in [0.15, 0.2) is 5.65 Å². The SMILES string of the molecule is Cc1cnc(-c2cnc3c(Nc4ccc(C(F)(F)F)cc4)ccnc3n2)c(Cl)c1. The van der Waals surface area contributed by atoms with Gasteiger partial charge in [0.05, 0.1) is 22.5 Å². The lowest BCUT2D eigenvalue weighted by molar-refractivity contribution is -0.137. The van der Waals surface area contributed by atoms with E-state index in [1.807, 2.05) is 6.92 Å². The largest absolute Gasteiger partial charge is 0.416 e. The van der Waals surface area contributed by atoms with Crippen molar-refractivity contribution in [2.24, 2.45) is 0 Å². The molecule has 0 spiro atoms. The molecule has 0 aliphatic heterocycles. The molecule has 5 nitrogen and oxygen atoms in total. The summed E-state index contributed by atoms with van der Waals surface area (Å²) < 4.78 is 38.2. The van der Waals surface area contributed by atoms with Crippen LogP contribution in [0.15, 0.2) is 55.0 Å². The van der Waals surface area contributed by atoms with Crippen LogP contribution in [0.5, 0.6) is 0 Å². The highest BCUT2D eigenvalue weighted by atomic mass is 35.5. The van der Waals surface area contributed by atoms with Crippen molar-refractivity contribution >= 4 is 34.1 Å². The molecule has 146 valence electrons. The zero-order chi connectivity index (χ0) is 20.6. The van der Waals surface area contributed by atoms with Gasteiger partial charge in [-0.1, -0.05) is 11.6 Å². The molecule has 29 heavy (non-hydrogen) atoms. The van der Waals surface area contributed by atoms with Gasteiger partial charge in [0.1, 0.15) is 16.9 Å². The van der Waals surface area contributed by atoms with Crippen LogP contribution in [0.25, 0.3) is 22.6 Å². The summed E-state index contributed by atoms with van der Waals surface area (Å²) >= 11 is 6.26. The number of anilines is 2. The number of fused-ring (bicyclic) bond motifs is 1. The molecular weight excluding hydrogens is 403 g/mol. The number of aromatic nitrogens is 4. The van der Waals surface area contributed by atoms with Crippen LogP contribution in [0.3, 0.4) is 0 Å². The molecule has 0 aliphatic rings. The fraction of sp³-hybridized carbons (Fsp3) is 0.100. The Morgan fingerprint density at radius 2 is 1.72 bits per heavy atom. The van der Waals surface area contributed by atoms with Gasteiger partial charge in [0.25, 0.3) is 0 Å². The number of nitrogens with zero attached hydrogens (tertiary/aromatic N) is 4. The summed E-state index contributed by atoms with van der Waals surface area (Å²) in [7, 11) is 0. The number of pyridine rings is 2. The summed E-state index contributed by atoms with van der Waals surface area (Å²) in [4.78, 5) is 17.4. The van der Waals surface area contributed by atoms with Gasteiger partial charge in [-0.05, 0) is 48.9 Å². The van der Waals surface area contributed by atoms with E-state index in [2.05, 4.69) is 25.3 Å². The molecule has 9 heteroatoms. The van der Waals surface area contributed by atoms with E-state index in [-0.39, 0.29) is 0 Å². The maximum Gasteiger partial charge on any atom is 0.416 e. The Kier molecular flexibility index (Phi) is 4.79. The fourth-order valence-corrected chi connectivity index (χ4v) is 3.07. The van der Waals surface area contributed by atoms with Crippen molar-refractivity contribution in [2.45, 2.75) is 13.1 Å². The quantitative estimate of drug-likeness (QED) is 0.457. The third kappa shape index (κ3) is 3.97. The van der Waals surface area contributed by atoms with E-state index < -0.39 is 11.7 Å². The normalized spacial score (nSPS) is 11.6. The van der Waals surface area contributed by atoms with Crippen molar-refractivity contribution in [3.05, 3.63) is 71.1 Å². The van der Waals surface area contributed by atoms with Crippen LogP contribution in [0.1, 0.15) is 11.1 Å². The zero-order valence-corrected chi connectivity index (χ0v) is 15.8. The summed E-state index contributed by atoms with van der Waals surface area (Å²) in [6, 6.07) is 8.19. The molecule has 0 saturated carbocycles. The third-order valence-electron chi connectivity index (χ3n) is 4.16. The van der Waals surface area contributed by atoms with Crippen molar-refractivity contribution in [3.63, 3.8) is 0 Å². The van der Waals surface area contributed by atoms with Crippen molar-refractivity contribution in [1.29, 1.82) is 0 Å². The molecule has 3 heterocycles. The van der Waals surface area contributed by atoms with Gasteiger partial charge < -0.3 is 5.32 Å². The zero-order valence-electron chi connectivity index (χ0n) is 15.0. The molecule has 1 aromatic carbocycles. The number of halogens is 4. The van der Waals surface area contributed by atoms with Crippen LogP contribution >= 0.6 is 11.6 Å². The molecule has 1 N–H and O–H groups in total. The Balaban J connectivity index is 1.68. The molecule has 0 amide bonds. The monoisotopic (exact) mass is 415 g/mol. The highest BCUT2D eigenvalue weighted by Crippen LogP contribution is 2.31. The molecule has 0 aliphatic carbocycles. The predicted octanol–water partition coefficient (Wildman–Crippen LogP) is 5.81. The van der Waals surface area contributed by atoms with Crippen LogP contribution in [0, 0.1) is 6.92 Å². The topological polar surface area (TPSA) is 63.6 Å². The average molecular weight is 416 g/mol. The summed E-state index contributed by atoms with van der Waals surface area (Å²) in [5, 5.41) is 3.51. The fourth-order valence-electron chi connectivity index (χ4n) is 2.76. The van der Waals surface area contributed by atoms with E-state index in [4.69, 9.17) is 11.6 Å². The highest BCUT2D eigenvalue weighted by Gasteiger charge is 2.29. The first-order valence-electron chi connectivity index (χ1n) is 8.50. The number of hydrogen-bond acceptors (Lipinski definition) is 5.